The molecule has 1 aliphatic carbocycles. The first-order valence-corrected chi connectivity index (χ1v) is 8.87. The average molecular weight is 391 g/mol. The minimum absolute atomic E-state index is 0. The molecule has 3 aromatic rings. The molecule has 0 spiro atoms. The van der Waals surface area contributed by atoms with Gasteiger partial charge >= 0.3 is 0 Å². The number of nitrogens with zero attached hydrogens (tertiary/aromatic N) is 3. The largest absolute Gasteiger partial charge is 0.497 e. The van der Waals surface area contributed by atoms with Crippen LogP contribution in [0.15, 0.2) is 39.4 Å². The number of benzene rings is 1. The second kappa shape index (κ2) is 8.10. The van der Waals surface area contributed by atoms with Crippen molar-refractivity contribution in [3.8, 4) is 17.1 Å². The maximum atomic E-state index is 6.36. The lowest BCUT2D eigenvalue weighted by Crippen LogP contribution is -2.34. The van der Waals surface area contributed by atoms with Gasteiger partial charge in [0.1, 0.15) is 5.75 Å². The molecule has 1 saturated carbocycles. The van der Waals surface area contributed by atoms with Crippen molar-refractivity contribution >= 4 is 12.4 Å². The molecule has 1 fully saturated rings. The van der Waals surface area contributed by atoms with Crippen LogP contribution < -0.4 is 10.5 Å². The molecule has 7 nitrogen and oxygen atoms in total. The van der Waals surface area contributed by atoms with E-state index < -0.39 is 5.54 Å². The van der Waals surface area contributed by atoms with E-state index in [-0.39, 0.29) is 12.4 Å². The Morgan fingerprint density at radius 2 is 1.81 bits per heavy atom. The van der Waals surface area contributed by atoms with Crippen molar-refractivity contribution in [2.24, 2.45) is 5.73 Å². The Balaban J connectivity index is 0.00000210. The van der Waals surface area contributed by atoms with Gasteiger partial charge in [-0.2, -0.15) is 4.98 Å². The number of aryl methyl sites for hydroxylation is 2. The zero-order valence-corrected chi connectivity index (χ0v) is 16.0. The lowest BCUT2D eigenvalue weighted by molar-refractivity contribution is 0.346. The summed E-state index contributed by atoms with van der Waals surface area (Å²) in [4.78, 5) is 8.81. The van der Waals surface area contributed by atoms with E-state index in [4.69, 9.17) is 19.4 Å². The molecule has 0 radical (unpaired) electrons. The summed E-state index contributed by atoms with van der Waals surface area (Å²) < 4.78 is 16.3. The summed E-state index contributed by atoms with van der Waals surface area (Å²) in [5.41, 5.74) is 6.89. The van der Waals surface area contributed by atoms with Crippen molar-refractivity contribution in [2.75, 3.05) is 7.11 Å². The maximum Gasteiger partial charge on any atom is 0.227 e. The van der Waals surface area contributed by atoms with Crippen LogP contribution in [-0.2, 0) is 18.4 Å². The molecule has 2 heterocycles. The third-order valence-corrected chi connectivity index (χ3v) is 4.89. The number of aromatic nitrogens is 3. The van der Waals surface area contributed by atoms with E-state index in [1.54, 1.807) is 13.3 Å². The number of methoxy groups -OCH3 is 1. The van der Waals surface area contributed by atoms with Crippen molar-refractivity contribution in [2.45, 2.75) is 44.1 Å². The van der Waals surface area contributed by atoms with E-state index in [1.807, 2.05) is 24.3 Å². The molecule has 0 unspecified atom stereocenters. The van der Waals surface area contributed by atoms with Gasteiger partial charge < -0.3 is 19.4 Å². The molecular weight excluding hydrogens is 368 g/mol. The summed E-state index contributed by atoms with van der Waals surface area (Å²) in [6.07, 6.45) is 6.95. The smallest absolute Gasteiger partial charge is 0.227 e. The normalized spacial score (nSPS) is 15.5. The predicted molar refractivity (Wildman–Crippen MR) is 102 cm³/mol. The summed E-state index contributed by atoms with van der Waals surface area (Å²) in [6.45, 7) is 0. The van der Waals surface area contributed by atoms with Crippen LogP contribution in [0.1, 0.15) is 43.3 Å². The second-order valence-electron chi connectivity index (χ2n) is 6.72. The van der Waals surface area contributed by atoms with Gasteiger partial charge in [-0.3, -0.25) is 0 Å². The summed E-state index contributed by atoms with van der Waals surface area (Å²) in [5, 5.41) is 4.08. The number of oxazole rings is 1. The molecule has 0 aliphatic heterocycles. The standard InChI is InChI=1S/C19H22N4O3.ClH/c1-24-14-6-4-13(5-7-14)15-12-21-16(25-15)8-9-17-22-18(23-26-17)19(20)10-2-3-11-19;/h4-7,12H,2-3,8-11,20H2,1H3;1H. The van der Waals surface area contributed by atoms with Crippen molar-refractivity contribution in [1.29, 1.82) is 0 Å². The minimum Gasteiger partial charge on any atom is -0.497 e. The first-order chi connectivity index (χ1) is 12.7. The van der Waals surface area contributed by atoms with Gasteiger partial charge in [-0.15, -0.1) is 12.4 Å². The Morgan fingerprint density at radius 3 is 2.52 bits per heavy atom. The highest BCUT2D eigenvalue weighted by molar-refractivity contribution is 5.85. The highest BCUT2D eigenvalue weighted by atomic mass is 35.5. The molecule has 1 aromatic carbocycles. The van der Waals surface area contributed by atoms with Crippen LogP contribution in [0.2, 0.25) is 0 Å². The van der Waals surface area contributed by atoms with E-state index in [0.29, 0.717) is 30.4 Å². The Morgan fingerprint density at radius 1 is 1.11 bits per heavy atom. The highest BCUT2D eigenvalue weighted by Crippen LogP contribution is 2.34. The van der Waals surface area contributed by atoms with E-state index >= 15 is 0 Å². The topological polar surface area (TPSA) is 100 Å². The second-order valence-corrected chi connectivity index (χ2v) is 6.72. The number of rotatable bonds is 6. The van der Waals surface area contributed by atoms with E-state index in [0.717, 1.165) is 42.8 Å². The number of ether oxygens (including phenoxy) is 1. The predicted octanol–water partition coefficient (Wildman–Crippen LogP) is 3.67. The van der Waals surface area contributed by atoms with Crippen molar-refractivity contribution in [1.82, 2.24) is 15.1 Å². The fourth-order valence-electron chi connectivity index (χ4n) is 3.32. The van der Waals surface area contributed by atoms with Crippen LogP contribution in [0.3, 0.4) is 0 Å². The van der Waals surface area contributed by atoms with Crippen LogP contribution in [0.5, 0.6) is 5.75 Å². The summed E-state index contributed by atoms with van der Waals surface area (Å²) in [7, 11) is 1.64. The molecule has 0 saturated heterocycles. The minimum atomic E-state index is -0.424. The van der Waals surface area contributed by atoms with Gasteiger partial charge in [0.25, 0.3) is 0 Å². The lowest BCUT2D eigenvalue weighted by atomic mass is 9.99. The van der Waals surface area contributed by atoms with Crippen molar-refractivity contribution < 1.29 is 13.7 Å². The van der Waals surface area contributed by atoms with Crippen LogP contribution in [-0.4, -0.2) is 22.2 Å². The van der Waals surface area contributed by atoms with Gasteiger partial charge in [-0.05, 0) is 37.1 Å². The molecule has 27 heavy (non-hydrogen) atoms. The summed E-state index contributed by atoms with van der Waals surface area (Å²) in [6, 6.07) is 7.66. The van der Waals surface area contributed by atoms with Crippen molar-refractivity contribution in [3.63, 3.8) is 0 Å². The Kier molecular flexibility index (Phi) is 5.82. The highest BCUT2D eigenvalue weighted by Gasteiger charge is 2.35. The molecule has 2 N–H and O–H groups in total. The fraction of sp³-hybridized carbons (Fsp3) is 0.421. The zero-order chi connectivity index (χ0) is 18.0. The van der Waals surface area contributed by atoms with Gasteiger partial charge in [0.05, 0.1) is 18.8 Å². The quantitative estimate of drug-likeness (QED) is 0.685. The molecule has 0 bridgehead atoms. The number of hydrogen-bond acceptors (Lipinski definition) is 7. The Labute approximate surface area is 163 Å². The Bertz CT molecular complexity index is 869. The molecule has 0 amide bonds. The van der Waals surface area contributed by atoms with E-state index in [2.05, 4.69) is 15.1 Å². The average Bonchev–Trinajstić information content (AvgIpc) is 3.41. The van der Waals surface area contributed by atoms with Crippen LogP contribution in [0, 0.1) is 0 Å². The first-order valence-electron chi connectivity index (χ1n) is 8.87. The number of nitrogens with two attached hydrogens (primary N) is 1. The number of hydrogen-bond donors (Lipinski definition) is 1. The third kappa shape index (κ3) is 4.14. The fourth-order valence-corrected chi connectivity index (χ4v) is 3.32. The molecular formula is C19H23ClN4O3. The summed E-state index contributed by atoms with van der Waals surface area (Å²) in [5.74, 6) is 3.36. The maximum absolute atomic E-state index is 6.36. The molecule has 144 valence electrons. The van der Waals surface area contributed by atoms with Crippen molar-refractivity contribution in [3.05, 3.63) is 48.1 Å². The van der Waals surface area contributed by atoms with Gasteiger partial charge in [-0.1, -0.05) is 18.0 Å². The lowest BCUT2D eigenvalue weighted by Gasteiger charge is -2.17. The van der Waals surface area contributed by atoms with Gasteiger partial charge in [0.2, 0.25) is 5.89 Å². The summed E-state index contributed by atoms with van der Waals surface area (Å²) >= 11 is 0. The van der Waals surface area contributed by atoms with E-state index in [9.17, 15) is 0 Å². The van der Waals surface area contributed by atoms with Crippen LogP contribution >= 0.6 is 12.4 Å². The first kappa shape index (κ1) is 19.4. The van der Waals surface area contributed by atoms with Gasteiger partial charge in [-0.25, -0.2) is 4.98 Å². The van der Waals surface area contributed by atoms with Gasteiger partial charge in [0, 0.05) is 18.4 Å². The van der Waals surface area contributed by atoms with E-state index in [1.165, 1.54) is 0 Å². The van der Waals surface area contributed by atoms with Crippen LogP contribution in [0.25, 0.3) is 11.3 Å². The third-order valence-electron chi connectivity index (χ3n) is 4.89. The Hall–Kier alpha value is -2.38. The SMILES string of the molecule is COc1ccc(-c2cnc(CCc3nc(C4(N)CCCC4)no3)o2)cc1.Cl. The monoisotopic (exact) mass is 390 g/mol. The molecule has 2 aromatic heterocycles. The van der Waals surface area contributed by atoms with Gasteiger partial charge in [0.15, 0.2) is 17.5 Å². The molecule has 1 aliphatic rings. The zero-order valence-electron chi connectivity index (χ0n) is 15.2. The van der Waals surface area contributed by atoms with Crippen LogP contribution in [0.4, 0.5) is 0 Å². The number of halogens is 1. The molecule has 0 atom stereocenters. The molecule has 8 heteroatoms. The molecule has 4 rings (SSSR count).